The molecule has 0 amide bonds. The predicted molar refractivity (Wildman–Crippen MR) is 72.9 cm³/mol. The van der Waals surface area contributed by atoms with Crippen LogP contribution in [0.15, 0.2) is 5.38 Å². The molecule has 1 saturated carbocycles. The fourth-order valence-corrected chi connectivity index (χ4v) is 3.42. The number of nitrogens with two attached hydrogens (primary N) is 1. The lowest BCUT2D eigenvalue weighted by Gasteiger charge is -2.25. The maximum absolute atomic E-state index is 5.67. The summed E-state index contributed by atoms with van der Waals surface area (Å²) in [6.45, 7) is 2.06. The summed E-state index contributed by atoms with van der Waals surface area (Å²) >= 11 is 1.72. The molecule has 0 radical (unpaired) electrons. The Labute approximate surface area is 108 Å². The zero-order valence-corrected chi connectivity index (χ0v) is 11.4. The van der Waals surface area contributed by atoms with Crippen molar-refractivity contribution in [3.8, 4) is 0 Å². The van der Waals surface area contributed by atoms with Gasteiger partial charge in [-0.25, -0.2) is 4.98 Å². The van der Waals surface area contributed by atoms with E-state index in [1.165, 1.54) is 44.2 Å². The lowest BCUT2D eigenvalue weighted by molar-refractivity contribution is 0.297. The van der Waals surface area contributed by atoms with Crippen molar-refractivity contribution in [1.29, 1.82) is 0 Å². The van der Waals surface area contributed by atoms with E-state index in [4.69, 9.17) is 5.84 Å². The van der Waals surface area contributed by atoms with E-state index in [2.05, 4.69) is 22.7 Å². The van der Waals surface area contributed by atoms with Gasteiger partial charge in [0.05, 0.1) is 10.7 Å². The van der Waals surface area contributed by atoms with Gasteiger partial charge in [-0.1, -0.05) is 32.1 Å². The molecule has 1 aliphatic rings. The molecule has 1 unspecified atom stereocenters. The quantitative estimate of drug-likeness (QED) is 0.626. The van der Waals surface area contributed by atoms with Crippen molar-refractivity contribution >= 4 is 11.3 Å². The van der Waals surface area contributed by atoms with Crippen molar-refractivity contribution in [1.82, 2.24) is 10.4 Å². The average Bonchev–Trinajstić information content (AvgIpc) is 2.75. The van der Waals surface area contributed by atoms with Gasteiger partial charge in [-0.3, -0.25) is 11.3 Å². The van der Waals surface area contributed by atoms with E-state index in [0.29, 0.717) is 6.04 Å². The number of nitrogens with zero attached hydrogens (tertiary/aromatic N) is 1. The highest BCUT2D eigenvalue weighted by Crippen LogP contribution is 2.28. The zero-order valence-electron chi connectivity index (χ0n) is 10.6. The van der Waals surface area contributed by atoms with Gasteiger partial charge in [0.1, 0.15) is 0 Å². The number of hydrogen-bond donors (Lipinski definition) is 2. The first kappa shape index (κ1) is 13.0. The second-order valence-electron chi connectivity index (χ2n) is 5.17. The van der Waals surface area contributed by atoms with Gasteiger partial charge < -0.3 is 0 Å². The summed E-state index contributed by atoms with van der Waals surface area (Å²) in [6.07, 6.45) is 9.16. The molecular weight excluding hydrogens is 230 g/mol. The first-order valence-electron chi connectivity index (χ1n) is 6.65. The third-order valence-electron chi connectivity index (χ3n) is 3.70. The number of hydrazine groups is 1. The van der Waals surface area contributed by atoms with Crippen LogP contribution in [0.1, 0.15) is 49.2 Å². The van der Waals surface area contributed by atoms with E-state index >= 15 is 0 Å². The zero-order chi connectivity index (χ0) is 12.1. The number of nitrogens with one attached hydrogen (secondary N) is 1. The minimum atomic E-state index is 0.389. The topological polar surface area (TPSA) is 50.9 Å². The maximum Gasteiger partial charge on any atom is 0.0897 e. The normalized spacial score (nSPS) is 19.4. The van der Waals surface area contributed by atoms with Gasteiger partial charge in [0.2, 0.25) is 0 Å². The van der Waals surface area contributed by atoms with E-state index in [1.807, 2.05) is 0 Å². The van der Waals surface area contributed by atoms with Gasteiger partial charge in [0.15, 0.2) is 0 Å². The lowest BCUT2D eigenvalue weighted by atomic mass is 9.84. The van der Waals surface area contributed by atoms with Gasteiger partial charge in [0.25, 0.3) is 0 Å². The Hall–Kier alpha value is -0.450. The molecule has 1 aromatic rings. The minimum absolute atomic E-state index is 0.389. The third kappa shape index (κ3) is 4.05. The predicted octanol–water partition coefficient (Wildman–Crippen LogP) is 2.80. The van der Waals surface area contributed by atoms with Gasteiger partial charge in [0, 0.05) is 17.8 Å². The van der Waals surface area contributed by atoms with Crippen molar-refractivity contribution in [3.63, 3.8) is 0 Å². The number of aromatic nitrogens is 1. The van der Waals surface area contributed by atoms with Crippen LogP contribution in [-0.4, -0.2) is 11.0 Å². The van der Waals surface area contributed by atoms with E-state index in [0.717, 1.165) is 17.3 Å². The summed E-state index contributed by atoms with van der Waals surface area (Å²) in [6, 6.07) is 0.389. The molecular formula is C13H23N3S. The Morgan fingerprint density at radius 2 is 2.24 bits per heavy atom. The average molecular weight is 253 g/mol. The van der Waals surface area contributed by atoms with Crippen LogP contribution in [0, 0.1) is 12.8 Å². The SMILES string of the molecule is Cc1nc(CC(CC2CCCCC2)NN)cs1. The molecule has 4 heteroatoms. The molecule has 0 aromatic carbocycles. The van der Waals surface area contributed by atoms with Crippen LogP contribution in [-0.2, 0) is 6.42 Å². The monoisotopic (exact) mass is 253 g/mol. The standard InChI is InChI=1S/C13H23N3S/c1-10-15-13(9-17-10)8-12(16-14)7-11-5-3-2-4-6-11/h9,11-12,16H,2-8,14H2,1H3. The van der Waals surface area contributed by atoms with Crippen molar-refractivity contribution in [2.45, 2.75) is 57.9 Å². The number of thiazole rings is 1. The van der Waals surface area contributed by atoms with Gasteiger partial charge >= 0.3 is 0 Å². The van der Waals surface area contributed by atoms with E-state index in [9.17, 15) is 0 Å². The molecule has 1 heterocycles. The second-order valence-corrected chi connectivity index (χ2v) is 6.23. The minimum Gasteiger partial charge on any atom is -0.271 e. The Morgan fingerprint density at radius 3 is 2.82 bits per heavy atom. The van der Waals surface area contributed by atoms with E-state index in [-0.39, 0.29) is 0 Å². The molecule has 2 rings (SSSR count). The number of hydrogen-bond acceptors (Lipinski definition) is 4. The summed E-state index contributed by atoms with van der Waals surface area (Å²) < 4.78 is 0. The van der Waals surface area contributed by atoms with Crippen LogP contribution in [0.4, 0.5) is 0 Å². The Kier molecular flexibility index (Phi) is 4.95. The first-order chi connectivity index (χ1) is 8.28. The highest BCUT2D eigenvalue weighted by atomic mass is 32.1. The van der Waals surface area contributed by atoms with Crippen LogP contribution in [0.5, 0.6) is 0 Å². The third-order valence-corrected chi connectivity index (χ3v) is 4.52. The van der Waals surface area contributed by atoms with Crippen LogP contribution in [0.25, 0.3) is 0 Å². The molecule has 3 N–H and O–H groups in total. The second kappa shape index (κ2) is 6.47. The van der Waals surface area contributed by atoms with Gasteiger partial charge in [-0.05, 0) is 19.3 Å². The molecule has 0 saturated heterocycles. The van der Waals surface area contributed by atoms with Crippen molar-refractivity contribution in [3.05, 3.63) is 16.1 Å². The molecule has 1 atom stereocenters. The molecule has 0 bridgehead atoms. The molecule has 1 aliphatic carbocycles. The summed E-state index contributed by atoms with van der Waals surface area (Å²) in [7, 11) is 0. The van der Waals surface area contributed by atoms with Crippen LogP contribution < -0.4 is 11.3 Å². The van der Waals surface area contributed by atoms with Crippen LogP contribution >= 0.6 is 11.3 Å². The highest BCUT2D eigenvalue weighted by Gasteiger charge is 2.19. The lowest BCUT2D eigenvalue weighted by Crippen LogP contribution is -2.38. The number of rotatable bonds is 5. The molecule has 1 fully saturated rings. The Bertz CT molecular complexity index is 331. The first-order valence-corrected chi connectivity index (χ1v) is 7.53. The molecule has 0 aliphatic heterocycles. The summed E-state index contributed by atoms with van der Waals surface area (Å²) in [5.74, 6) is 6.54. The van der Waals surface area contributed by atoms with Crippen molar-refractivity contribution in [2.24, 2.45) is 11.8 Å². The molecule has 0 spiro atoms. The van der Waals surface area contributed by atoms with E-state index < -0.39 is 0 Å². The summed E-state index contributed by atoms with van der Waals surface area (Å²) in [4.78, 5) is 4.51. The fourth-order valence-electron chi connectivity index (χ4n) is 2.79. The molecule has 96 valence electrons. The Balaban J connectivity index is 1.83. The fraction of sp³-hybridized carbons (Fsp3) is 0.769. The smallest absolute Gasteiger partial charge is 0.0897 e. The van der Waals surface area contributed by atoms with E-state index in [1.54, 1.807) is 11.3 Å². The van der Waals surface area contributed by atoms with Gasteiger partial charge in [-0.2, -0.15) is 0 Å². The van der Waals surface area contributed by atoms with Crippen molar-refractivity contribution < 1.29 is 0 Å². The Morgan fingerprint density at radius 1 is 1.47 bits per heavy atom. The molecule has 17 heavy (non-hydrogen) atoms. The summed E-state index contributed by atoms with van der Waals surface area (Å²) in [5.41, 5.74) is 4.16. The summed E-state index contributed by atoms with van der Waals surface area (Å²) in [5, 5.41) is 3.30. The van der Waals surface area contributed by atoms with Gasteiger partial charge in [-0.15, -0.1) is 11.3 Å². The maximum atomic E-state index is 5.67. The number of aryl methyl sites for hydroxylation is 1. The van der Waals surface area contributed by atoms with Crippen molar-refractivity contribution in [2.75, 3.05) is 0 Å². The largest absolute Gasteiger partial charge is 0.271 e. The van der Waals surface area contributed by atoms with Crippen LogP contribution in [0.2, 0.25) is 0 Å². The molecule has 1 aromatic heterocycles. The molecule has 3 nitrogen and oxygen atoms in total. The van der Waals surface area contributed by atoms with Crippen LogP contribution in [0.3, 0.4) is 0 Å². The highest BCUT2D eigenvalue weighted by molar-refractivity contribution is 7.09.